The minimum Gasteiger partial charge on any atom is -0.454 e. The van der Waals surface area contributed by atoms with Gasteiger partial charge >= 0.3 is 5.97 Å². The first-order valence-corrected chi connectivity index (χ1v) is 9.47. The zero-order valence-corrected chi connectivity index (χ0v) is 17.5. The van der Waals surface area contributed by atoms with Crippen molar-refractivity contribution in [3.8, 4) is 11.5 Å². The molecule has 0 saturated heterocycles. The van der Waals surface area contributed by atoms with E-state index in [1.165, 1.54) is 19.2 Å². The standard InChI is InChI=1S/C19H17Cl2N3O6/c1-10(12-3-4-15-16(5-12)28-9-27-15)24-29-8-17(25)30-11(2)19(26)23-18-14(21)6-13(20)7-22-18/h3-7,11H,8-9H2,1-2H3,(H,22,23,26). The third-order valence-corrected chi connectivity index (χ3v) is 4.40. The Labute approximate surface area is 181 Å². The number of halogens is 2. The van der Waals surface area contributed by atoms with Gasteiger partial charge in [0, 0.05) is 11.8 Å². The Balaban J connectivity index is 1.47. The highest BCUT2D eigenvalue weighted by molar-refractivity contribution is 6.36. The smallest absolute Gasteiger partial charge is 0.347 e. The van der Waals surface area contributed by atoms with Crippen molar-refractivity contribution in [2.45, 2.75) is 20.0 Å². The zero-order chi connectivity index (χ0) is 21.7. The quantitative estimate of drug-likeness (QED) is 0.388. The maximum Gasteiger partial charge on any atom is 0.347 e. The van der Waals surface area contributed by atoms with Crippen molar-refractivity contribution in [3.63, 3.8) is 0 Å². The van der Waals surface area contributed by atoms with E-state index in [-0.39, 0.29) is 17.6 Å². The molecule has 1 aliphatic heterocycles. The maximum absolute atomic E-state index is 12.1. The number of hydrogen-bond acceptors (Lipinski definition) is 8. The summed E-state index contributed by atoms with van der Waals surface area (Å²) >= 11 is 11.7. The van der Waals surface area contributed by atoms with Gasteiger partial charge in [0.05, 0.1) is 15.8 Å². The molecule has 1 aromatic heterocycles. The molecule has 1 amide bonds. The third kappa shape index (κ3) is 5.52. The molecular formula is C19H17Cl2N3O6. The molecule has 0 radical (unpaired) electrons. The lowest BCUT2D eigenvalue weighted by Gasteiger charge is -2.13. The topological polar surface area (TPSA) is 108 Å². The SMILES string of the molecule is CC(=NOCC(=O)OC(C)C(=O)Nc1ncc(Cl)cc1Cl)c1ccc2c(c1)OCO2. The lowest BCUT2D eigenvalue weighted by atomic mass is 10.1. The van der Waals surface area contributed by atoms with Crippen LogP contribution in [0.15, 0.2) is 35.6 Å². The summed E-state index contributed by atoms with van der Waals surface area (Å²) in [7, 11) is 0. The monoisotopic (exact) mass is 453 g/mol. The average molecular weight is 454 g/mol. The second-order valence-electron chi connectivity index (χ2n) is 6.12. The Bertz CT molecular complexity index is 998. The van der Waals surface area contributed by atoms with Gasteiger partial charge < -0.3 is 24.4 Å². The number of carbonyl (C=O) groups is 2. The number of ether oxygens (including phenoxy) is 3. The van der Waals surface area contributed by atoms with Crippen LogP contribution in [-0.2, 0) is 19.2 Å². The van der Waals surface area contributed by atoms with E-state index in [0.717, 1.165) is 5.56 Å². The van der Waals surface area contributed by atoms with Gasteiger partial charge in [-0.1, -0.05) is 28.4 Å². The largest absolute Gasteiger partial charge is 0.454 e. The van der Waals surface area contributed by atoms with Crippen LogP contribution in [0.4, 0.5) is 5.82 Å². The molecule has 11 heteroatoms. The molecule has 0 spiro atoms. The molecule has 3 rings (SSSR count). The number of carbonyl (C=O) groups excluding carboxylic acids is 2. The number of oxime groups is 1. The lowest BCUT2D eigenvalue weighted by molar-refractivity contribution is -0.157. The zero-order valence-electron chi connectivity index (χ0n) is 16.0. The predicted molar refractivity (Wildman–Crippen MR) is 109 cm³/mol. The van der Waals surface area contributed by atoms with Crippen molar-refractivity contribution in [2.24, 2.45) is 5.16 Å². The van der Waals surface area contributed by atoms with Crippen LogP contribution in [0, 0.1) is 0 Å². The van der Waals surface area contributed by atoms with E-state index in [1.54, 1.807) is 25.1 Å². The molecule has 0 saturated carbocycles. The third-order valence-electron chi connectivity index (χ3n) is 3.90. The van der Waals surface area contributed by atoms with Gasteiger partial charge in [-0.15, -0.1) is 0 Å². The summed E-state index contributed by atoms with van der Waals surface area (Å²) in [6, 6.07) is 6.73. The van der Waals surface area contributed by atoms with Gasteiger partial charge in [-0.3, -0.25) is 4.79 Å². The number of esters is 1. The molecule has 0 bridgehead atoms. The van der Waals surface area contributed by atoms with Crippen molar-refractivity contribution in [3.05, 3.63) is 46.1 Å². The Morgan fingerprint density at radius 2 is 2.03 bits per heavy atom. The molecule has 1 aliphatic rings. The number of rotatable bonds is 7. The van der Waals surface area contributed by atoms with Gasteiger partial charge in [-0.05, 0) is 38.1 Å². The van der Waals surface area contributed by atoms with E-state index in [4.69, 9.17) is 42.3 Å². The number of anilines is 1. The number of aromatic nitrogens is 1. The highest BCUT2D eigenvalue weighted by atomic mass is 35.5. The summed E-state index contributed by atoms with van der Waals surface area (Å²) in [5.41, 5.74) is 1.27. The van der Waals surface area contributed by atoms with Crippen molar-refractivity contribution in [1.29, 1.82) is 0 Å². The van der Waals surface area contributed by atoms with E-state index in [2.05, 4.69) is 15.5 Å². The molecule has 1 aromatic carbocycles. The van der Waals surface area contributed by atoms with Crippen LogP contribution in [-0.4, -0.2) is 42.1 Å². The van der Waals surface area contributed by atoms with Crippen LogP contribution in [0.5, 0.6) is 11.5 Å². The first kappa shape index (κ1) is 21.7. The van der Waals surface area contributed by atoms with Crippen LogP contribution in [0.1, 0.15) is 19.4 Å². The van der Waals surface area contributed by atoms with Gasteiger partial charge in [0.2, 0.25) is 13.4 Å². The molecule has 0 aliphatic carbocycles. The van der Waals surface area contributed by atoms with Crippen molar-refractivity contribution in [2.75, 3.05) is 18.7 Å². The molecule has 158 valence electrons. The van der Waals surface area contributed by atoms with Crippen LogP contribution >= 0.6 is 23.2 Å². The summed E-state index contributed by atoms with van der Waals surface area (Å²) in [6.07, 6.45) is 0.224. The molecule has 30 heavy (non-hydrogen) atoms. The van der Waals surface area contributed by atoms with Gasteiger partial charge in [0.1, 0.15) is 0 Å². The number of benzene rings is 1. The van der Waals surface area contributed by atoms with Gasteiger partial charge in [-0.2, -0.15) is 0 Å². The lowest BCUT2D eigenvalue weighted by Crippen LogP contribution is -2.31. The molecular weight excluding hydrogens is 437 g/mol. The van der Waals surface area contributed by atoms with E-state index in [0.29, 0.717) is 22.2 Å². The Kier molecular flexibility index (Phi) is 6.96. The van der Waals surface area contributed by atoms with Crippen LogP contribution in [0.3, 0.4) is 0 Å². The van der Waals surface area contributed by atoms with Gasteiger partial charge in [-0.25, -0.2) is 9.78 Å². The summed E-state index contributed by atoms with van der Waals surface area (Å²) < 4.78 is 15.6. The Morgan fingerprint density at radius 3 is 2.80 bits per heavy atom. The van der Waals surface area contributed by atoms with Crippen LogP contribution < -0.4 is 14.8 Å². The fourth-order valence-electron chi connectivity index (χ4n) is 2.37. The van der Waals surface area contributed by atoms with E-state index < -0.39 is 24.6 Å². The fraction of sp³-hybridized carbons (Fsp3) is 0.263. The second kappa shape index (κ2) is 9.64. The molecule has 1 atom stereocenters. The van der Waals surface area contributed by atoms with Crippen molar-refractivity contribution >= 4 is 46.6 Å². The van der Waals surface area contributed by atoms with E-state index in [9.17, 15) is 9.59 Å². The summed E-state index contributed by atoms with van der Waals surface area (Å²) in [4.78, 5) is 33.0. The van der Waals surface area contributed by atoms with Crippen LogP contribution in [0.2, 0.25) is 10.0 Å². The molecule has 9 nitrogen and oxygen atoms in total. The van der Waals surface area contributed by atoms with E-state index >= 15 is 0 Å². The highest BCUT2D eigenvalue weighted by Crippen LogP contribution is 2.32. The average Bonchev–Trinajstić information content (AvgIpc) is 3.17. The number of nitrogens with zero attached hydrogens (tertiary/aromatic N) is 2. The van der Waals surface area contributed by atoms with Crippen LogP contribution in [0.25, 0.3) is 0 Å². The molecule has 2 heterocycles. The number of nitrogens with one attached hydrogen (secondary N) is 1. The van der Waals surface area contributed by atoms with Crippen molar-refractivity contribution in [1.82, 2.24) is 4.98 Å². The summed E-state index contributed by atoms with van der Waals surface area (Å²) in [6.45, 7) is 2.81. The number of fused-ring (bicyclic) bond motifs is 1. The predicted octanol–water partition coefficient (Wildman–Crippen LogP) is 3.43. The Morgan fingerprint density at radius 1 is 1.27 bits per heavy atom. The minimum absolute atomic E-state index is 0.106. The first-order valence-electron chi connectivity index (χ1n) is 8.71. The first-order chi connectivity index (χ1) is 14.3. The second-order valence-corrected chi connectivity index (χ2v) is 6.97. The van der Waals surface area contributed by atoms with Gasteiger partial charge in [0.15, 0.2) is 23.4 Å². The summed E-state index contributed by atoms with van der Waals surface area (Å²) in [5.74, 6) is -0.0145. The fourth-order valence-corrected chi connectivity index (χ4v) is 2.79. The normalized spacial score (nSPS) is 13.5. The van der Waals surface area contributed by atoms with E-state index in [1.807, 2.05) is 0 Å². The minimum atomic E-state index is -1.10. The maximum atomic E-state index is 12.1. The molecule has 0 fully saturated rings. The highest BCUT2D eigenvalue weighted by Gasteiger charge is 2.20. The number of pyridine rings is 1. The number of hydrogen-bond donors (Lipinski definition) is 1. The molecule has 1 N–H and O–H groups in total. The number of amides is 1. The summed E-state index contributed by atoms with van der Waals surface area (Å²) in [5, 5.41) is 6.81. The Hall–Kier alpha value is -3.04. The molecule has 1 unspecified atom stereocenters. The molecule has 2 aromatic rings. The van der Waals surface area contributed by atoms with Gasteiger partial charge in [0.25, 0.3) is 5.91 Å². The van der Waals surface area contributed by atoms with Crippen molar-refractivity contribution < 1.29 is 28.6 Å².